The molecule has 4 nitrogen and oxygen atoms in total. The van der Waals surface area contributed by atoms with E-state index in [0.29, 0.717) is 32.0 Å². The van der Waals surface area contributed by atoms with Crippen LogP contribution in [0.25, 0.3) is 0 Å². The number of ether oxygens (including phenoxy) is 2. The molecule has 1 unspecified atom stereocenters. The first-order valence-corrected chi connectivity index (χ1v) is 9.41. The Kier molecular flexibility index (Phi) is 15.1. The molecule has 0 aliphatic carbocycles. The van der Waals surface area contributed by atoms with Gasteiger partial charge in [0.25, 0.3) is 0 Å². The molecule has 0 aliphatic heterocycles. The highest BCUT2D eigenvalue weighted by Crippen LogP contribution is 2.16. The van der Waals surface area contributed by atoms with Crippen molar-refractivity contribution in [1.82, 2.24) is 0 Å². The minimum atomic E-state index is -0.0614. The summed E-state index contributed by atoms with van der Waals surface area (Å²) in [4.78, 5) is 22.7. The van der Waals surface area contributed by atoms with Crippen LogP contribution in [0.1, 0.15) is 91.4 Å². The van der Waals surface area contributed by atoms with Crippen LogP contribution in [0.3, 0.4) is 0 Å². The molecule has 0 saturated heterocycles. The van der Waals surface area contributed by atoms with Crippen LogP contribution >= 0.6 is 0 Å². The van der Waals surface area contributed by atoms with Crippen molar-refractivity contribution in [3.05, 3.63) is 0 Å². The minimum Gasteiger partial charge on any atom is -0.466 e. The molecule has 4 heteroatoms. The van der Waals surface area contributed by atoms with Crippen molar-refractivity contribution in [2.24, 2.45) is 5.92 Å². The van der Waals surface area contributed by atoms with Gasteiger partial charge in [0, 0.05) is 12.8 Å². The summed E-state index contributed by atoms with van der Waals surface area (Å²) in [5, 5.41) is 0. The van der Waals surface area contributed by atoms with E-state index in [0.717, 1.165) is 32.1 Å². The van der Waals surface area contributed by atoms with E-state index >= 15 is 0 Å². The first kappa shape index (κ1) is 21.9. The van der Waals surface area contributed by atoms with Gasteiger partial charge in [-0.2, -0.15) is 0 Å². The molecule has 23 heavy (non-hydrogen) atoms. The molecule has 0 aromatic heterocycles. The van der Waals surface area contributed by atoms with Gasteiger partial charge in [-0.1, -0.05) is 52.9 Å². The maximum Gasteiger partial charge on any atom is 0.305 e. The molecular formula is C19H36O4. The summed E-state index contributed by atoms with van der Waals surface area (Å²) >= 11 is 0. The Bertz CT molecular complexity index is 302. The summed E-state index contributed by atoms with van der Waals surface area (Å²) < 4.78 is 10.1. The second kappa shape index (κ2) is 15.8. The quantitative estimate of drug-likeness (QED) is 0.312. The van der Waals surface area contributed by atoms with E-state index in [1.54, 1.807) is 0 Å². The van der Waals surface area contributed by atoms with E-state index in [-0.39, 0.29) is 11.9 Å². The largest absolute Gasteiger partial charge is 0.466 e. The number of esters is 2. The van der Waals surface area contributed by atoms with Gasteiger partial charge in [-0.3, -0.25) is 9.59 Å². The predicted molar refractivity (Wildman–Crippen MR) is 93.2 cm³/mol. The van der Waals surface area contributed by atoms with E-state index < -0.39 is 0 Å². The molecule has 0 amide bonds. The molecule has 0 saturated carbocycles. The average Bonchev–Trinajstić information content (AvgIpc) is 2.55. The van der Waals surface area contributed by atoms with Crippen molar-refractivity contribution in [3.8, 4) is 0 Å². The van der Waals surface area contributed by atoms with Crippen LogP contribution in [-0.4, -0.2) is 25.2 Å². The molecule has 0 fully saturated rings. The Morgan fingerprint density at radius 1 is 0.739 bits per heavy atom. The van der Waals surface area contributed by atoms with Gasteiger partial charge in [0.05, 0.1) is 13.2 Å². The maximum absolute atomic E-state index is 11.4. The lowest BCUT2D eigenvalue weighted by Crippen LogP contribution is -2.07. The lowest BCUT2D eigenvalue weighted by Gasteiger charge is -2.10. The summed E-state index contributed by atoms with van der Waals surface area (Å²) in [7, 11) is 0. The van der Waals surface area contributed by atoms with Crippen LogP contribution < -0.4 is 0 Å². The third-order valence-electron chi connectivity index (χ3n) is 3.85. The summed E-state index contributed by atoms with van der Waals surface area (Å²) in [6, 6.07) is 0. The van der Waals surface area contributed by atoms with Gasteiger partial charge in [0.1, 0.15) is 0 Å². The van der Waals surface area contributed by atoms with Crippen LogP contribution in [0.4, 0.5) is 0 Å². The molecule has 0 rings (SSSR count). The van der Waals surface area contributed by atoms with Crippen LogP contribution in [0.5, 0.6) is 0 Å². The molecule has 0 heterocycles. The van der Waals surface area contributed by atoms with Crippen LogP contribution in [0, 0.1) is 5.92 Å². The van der Waals surface area contributed by atoms with Gasteiger partial charge < -0.3 is 9.47 Å². The number of carbonyl (C=O) groups is 2. The zero-order valence-corrected chi connectivity index (χ0v) is 15.4. The normalized spacial score (nSPS) is 12.0. The van der Waals surface area contributed by atoms with E-state index in [9.17, 15) is 9.59 Å². The van der Waals surface area contributed by atoms with E-state index in [2.05, 4.69) is 6.92 Å². The zero-order chi connectivity index (χ0) is 17.3. The Morgan fingerprint density at radius 2 is 1.26 bits per heavy atom. The van der Waals surface area contributed by atoms with E-state index in [1.807, 2.05) is 13.8 Å². The summed E-state index contributed by atoms with van der Waals surface area (Å²) in [6.07, 6.45) is 10.6. The number of unbranched alkanes of at least 4 members (excludes halogenated alkanes) is 4. The first-order valence-electron chi connectivity index (χ1n) is 9.41. The lowest BCUT2D eigenvalue weighted by atomic mass is 9.97. The monoisotopic (exact) mass is 328 g/mol. The highest BCUT2D eigenvalue weighted by Gasteiger charge is 2.07. The highest BCUT2D eigenvalue weighted by molar-refractivity contribution is 5.69. The molecule has 136 valence electrons. The topological polar surface area (TPSA) is 52.6 Å². The van der Waals surface area contributed by atoms with Crippen molar-refractivity contribution in [2.75, 3.05) is 13.2 Å². The molecule has 0 aromatic carbocycles. The van der Waals surface area contributed by atoms with Crippen molar-refractivity contribution in [3.63, 3.8) is 0 Å². The Morgan fingerprint density at radius 3 is 1.87 bits per heavy atom. The SMILES string of the molecule is CCCOC(=O)CCCCCCCC(C)CCC(=O)OCCC. The van der Waals surface area contributed by atoms with Gasteiger partial charge in [-0.05, 0) is 31.6 Å². The van der Waals surface area contributed by atoms with Crippen LogP contribution in [0.2, 0.25) is 0 Å². The van der Waals surface area contributed by atoms with Crippen molar-refractivity contribution >= 4 is 11.9 Å². The minimum absolute atomic E-state index is 0.0598. The number of rotatable bonds is 15. The van der Waals surface area contributed by atoms with Gasteiger partial charge >= 0.3 is 11.9 Å². The Hall–Kier alpha value is -1.06. The number of carbonyl (C=O) groups excluding carboxylic acids is 2. The third kappa shape index (κ3) is 15.6. The summed E-state index contributed by atoms with van der Waals surface area (Å²) in [6.45, 7) is 7.30. The average molecular weight is 328 g/mol. The van der Waals surface area contributed by atoms with Gasteiger partial charge in [0.2, 0.25) is 0 Å². The molecule has 0 N–H and O–H groups in total. The molecule has 0 aliphatic rings. The molecular weight excluding hydrogens is 292 g/mol. The van der Waals surface area contributed by atoms with E-state index in [4.69, 9.17) is 9.47 Å². The van der Waals surface area contributed by atoms with E-state index in [1.165, 1.54) is 25.7 Å². The second-order valence-electron chi connectivity index (χ2n) is 6.39. The zero-order valence-electron chi connectivity index (χ0n) is 15.4. The maximum atomic E-state index is 11.4. The Balaban J connectivity index is 3.37. The fourth-order valence-electron chi connectivity index (χ4n) is 2.38. The smallest absolute Gasteiger partial charge is 0.305 e. The highest BCUT2D eigenvalue weighted by atomic mass is 16.5. The molecule has 1 atom stereocenters. The van der Waals surface area contributed by atoms with Crippen molar-refractivity contribution in [1.29, 1.82) is 0 Å². The molecule has 0 bridgehead atoms. The van der Waals surface area contributed by atoms with Crippen LogP contribution in [-0.2, 0) is 19.1 Å². The second-order valence-corrected chi connectivity index (χ2v) is 6.39. The first-order chi connectivity index (χ1) is 11.1. The summed E-state index contributed by atoms with van der Waals surface area (Å²) in [5.74, 6) is 0.456. The number of hydrogen-bond donors (Lipinski definition) is 0. The number of hydrogen-bond acceptors (Lipinski definition) is 4. The molecule has 0 spiro atoms. The Labute approximate surface area is 142 Å². The molecule has 0 aromatic rings. The van der Waals surface area contributed by atoms with Crippen LogP contribution in [0.15, 0.2) is 0 Å². The fourth-order valence-corrected chi connectivity index (χ4v) is 2.38. The molecule has 0 radical (unpaired) electrons. The van der Waals surface area contributed by atoms with Crippen molar-refractivity contribution < 1.29 is 19.1 Å². The third-order valence-corrected chi connectivity index (χ3v) is 3.85. The summed E-state index contributed by atoms with van der Waals surface area (Å²) in [5.41, 5.74) is 0. The van der Waals surface area contributed by atoms with Gasteiger partial charge in [-0.25, -0.2) is 0 Å². The van der Waals surface area contributed by atoms with Gasteiger partial charge in [-0.15, -0.1) is 0 Å². The van der Waals surface area contributed by atoms with Crippen molar-refractivity contribution in [2.45, 2.75) is 91.4 Å². The lowest BCUT2D eigenvalue weighted by molar-refractivity contribution is -0.144. The standard InChI is InChI=1S/C19H36O4/c1-4-15-22-18(20)12-10-8-6-7-9-11-17(3)13-14-19(21)23-16-5-2/h17H,4-16H2,1-3H3. The van der Waals surface area contributed by atoms with Gasteiger partial charge in [0.15, 0.2) is 0 Å². The predicted octanol–water partition coefficient (Wildman–Crippen LogP) is 5.04. The fraction of sp³-hybridized carbons (Fsp3) is 0.895.